The van der Waals surface area contributed by atoms with Crippen molar-refractivity contribution >= 4 is 17.5 Å². The van der Waals surface area contributed by atoms with Crippen molar-refractivity contribution in [1.82, 2.24) is 10.3 Å². The number of nitrogens with zero attached hydrogens (tertiary/aromatic N) is 1. The molecular weight excluding hydrogens is 276 g/mol. The molecule has 1 N–H and O–H groups in total. The van der Waals surface area contributed by atoms with Gasteiger partial charge in [-0.05, 0) is 31.9 Å². The van der Waals surface area contributed by atoms with Crippen LogP contribution in [0.5, 0.6) is 0 Å². The summed E-state index contributed by atoms with van der Waals surface area (Å²) in [6, 6.07) is 3.54. The normalized spacial score (nSPS) is 19.9. The lowest BCUT2D eigenvalue weighted by Crippen LogP contribution is -2.38. The van der Waals surface area contributed by atoms with E-state index in [2.05, 4.69) is 17.2 Å². The predicted molar refractivity (Wildman–Crippen MR) is 79.1 cm³/mol. The first kappa shape index (κ1) is 15.3. The van der Waals surface area contributed by atoms with E-state index in [1.807, 2.05) is 13.0 Å². The SMILES string of the molecule is CCCc1cc(C(=O)NC(C)C2CCOC2)cc(Cl)n1. The first-order chi connectivity index (χ1) is 9.60. The topological polar surface area (TPSA) is 51.2 Å². The second-order valence-electron chi connectivity index (χ2n) is 5.31. The van der Waals surface area contributed by atoms with Gasteiger partial charge in [-0.25, -0.2) is 4.98 Å². The molecule has 1 saturated heterocycles. The van der Waals surface area contributed by atoms with E-state index >= 15 is 0 Å². The summed E-state index contributed by atoms with van der Waals surface area (Å²) in [4.78, 5) is 16.5. The molecule has 1 amide bonds. The van der Waals surface area contributed by atoms with Crippen molar-refractivity contribution in [3.05, 3.63) is 28.5 Å². The molecule has 110 valence electrons. The van der Waals surface area contributed by atoms with Gasteiger partial charge in [0.25, 0.3) is 5.91 Å². The van der Waals surface area contributed by atoms with Gasteiger partial charge >= 0.3 is 0 Å². The number of ether oxygens (including phenoxy) is 1. The van der Waals surface area contributed by atoms with E-state index < -0.39 is 0 Å². The Morgan fingerprint density at radius 2 is 2.40 bits per heavy atom. The van der Waals surface area contributed by atoms with Crippen LogP contribution in [0, 0.1) is 5.92 Å². The van der Waals surface area contributed by atoms with Gasteiger partial charge in [-0.1, -0.05) is 24.9 Å². The third-order valence-corrected chi connectivity index (χ3v) is 3.84. The van der Waals surface area contributed by atoms with Gasteiger partial charge in [0.05, 0.1) is 6.61 Å². The van der Waals surface area contributed by atoms with Crippen LogP contribution < -0.4 is 5.32 Å². The first-order valence-corrected chi connectivity index (χ1v) is 7.53. The van der Waals surface area contributed by atoms with E-state index in [1.54, 1.807) is 6.07 Å². The molecule has 5 heteroatoms. The Bertz CT molecular complexity index is 473. The minimum Gasteiger partial charge on any atom is -0.381 e. The van der Waals surface area contributed by atoms with Gasteiger partial charge in [0.15, 0.2) is 0 Å². The van der Waals surface area contributed by atoms with Crippen LogP contribution >= 0.6 is 11.6 Å². The number of amides is 1. The molecule has 1 aromatic rings. The Morgan fingerprint density at radius 3 is 3.05 bits per heavy atom. The molecule has 1 fully saturated rings. The Kier molecular flexibility index (Phi) is 5.38. The van der Waals surface area contributed by atoms with E-state index in [1.165, 1.54) is 0 Å². The molecule has 0 aliphatic carbocycles. The number of hydrogen-bond acceptors (Lipinski definition) is 3. The molecule has 0 saturated carbocycles. The van der Waals surface area contributed by atoms with Gasteiger partial charge in [-0.15, -0.1) is 0 Å². The lowest BCUT2D eigenvalue weighted by atomic mass is 10.0. The summed E-state index contributed by atoms with van der Waals surface area (Å²) in [5.41, 5.74) is 1.45. The van der Waals surface area contributed by atoms with Crippen LogP contribution in [0.1, 0.15) is 42.7 Å². The summed E-state index contributed by atoms with van der Waals surface area (Å²) >= 11 is 5.98. The second kappa shape index (κ2) is 7.04. The highest BCUT2D eigenvalue weighted by atomic mass is 35.5. The number of nitrogens with one attached hydrogen (secondary N) is 1. The quantitative estimate of drug-likeness (QED) is 0.850. The zero-order chi connectivity index (χ0) is 14.5. The molecular formula is C15H21ClN2O2. The van der Waals surface area contributed by atoms with E-state index in [0.717, 1.165) is 38.2 Å². The molecule has 0 bridgehead atoms. The van der Waals surface area contributed by atoms with Crippen molar-refractivity contribution in [2.45, 2.75) is 39.2 Å². The van der Waals surface area contributed by atoms with Crippen LogP contribution in [-0.4, -0.2) is 30.1 Å². The van der Waals surface area contributed by atoms with Gasteiger partial charge in [0, 0.05) is 29.8 Å². The largest absolute Gasteiger partial charge is 0.381 e. The van der Waals surface area contributed by atoms with Crippen molar-refractivity contribution < 1.29 is 9.53 Å². The molecule has 1 aliphatic rings. The third kappa shape index (κ3) is 3.93. The van der Waals surface area contributed by atoms with E-state index in [4.69, 9.17) is 16.3 Å². The van der Waals surface area contributed by atoms with Crippen molar-refractivity contribution in [2.75, 3.05) is 13.2 Å². The standard InChI is InChI=1S/C15H21ClN2O2/c1-3-4-13-7-12(8-14(16)18-13)15(19)17-10(2)11-5-6-20-9-11/h7-8,10-11H,3-6,9H2,1-2H3,(H,17,19). The minimum atomic E-state index is -0.0916. The van der Waals surface area contributed by atoms with Gasteiger partial charge in [-0.2, -0.15) is 0 Å². The Hall–Kier alpha value is -1.13. The van der Waals surface area contributed by atoms with Crippen molar-refractivity contribution in [3.63, 3.8) is 0 Å². The summed E-state index contributed by atoms with van der Waals surface area (Å²) in [7, 11) is 0. The molecule has 2 unspecified atom stereocenters. The number of carbonyl (C=O) groups excluding carboxylic acids is 1. The fourth-order valence-electron chi connectivity index (χ4n) is 2.42. The molecule has 0 radical (unpaired) electrons. The number of carbonyl (C=O) groups is 1. The van der Waals surface area contributed by atoms with Crippen LogP contribution in [-0.2, 0) is 11.2 Å². The zero-order valence-corrected chi connectivity index (χ0v) is 12.7. The molecule has 1 aliphatic heterocycles. The smallest absolute Gasteiger partial charge is 0.251 e. The molecule has 2 atom stereocenters. The number of aromatic nitrogens is 1. The number of rotatable bonds is 5. The van der Waals surface area contributed by atoms with Crippen LogP contribution in [0.2, 0.25) is 5.15 Å². The van der Waals surface area contributed by atoms with Crippen molar-refractivity contribution in [2.24, 2.45) is 5.92 Å². The zero-order valence-electron chi connectivity index (χ0n) is 12.0. The summed E-state index contributed by atoms with van der Waals surface area (Å²) in [6.07, 6.45) is 2.80. The highest BCUT2D eigenvalue weighted by molar-refractivity contribution is 6.29. The Balaban J connectivity index is 2.04. The third-order valence-electron chi connectivity index (χ3n) is 3.65. The van der Waals surface area contributed by atoms with Crippen molar-refractivity contribution in [1.29, 1.82) is 0 Å². The maximum absolute atomic E-state index is 12.3. The number of aryl methyl sites for hydroxylation is 1. The lowest BCUT2D eigenvalue weighted by molar-refractivity contribution is 0.0922. The molecule has 20 heavy (non-hydrogen) atoms. The van der Waals surface area contributed by atoms with Crippen LogP contribution in [0.15, 0.2) is 12.1 Å². The number of halogens is 1. The Morgan fingerprint density at radius 1 is 1.60 bits per heavy atom. The van der Waals surface area contributed by atoms with E-state index in [-0.39, 0.29) is 11.9 Å². The fraction of sp³-hybridized carbons (Fsp3) is 0.600. The minimum absolute atomic E-state index is 0.0916. The summed E-state index contributed by atoms with van der Waals surface area (Å²) in [5, 5.41) is 3.40. The average molecular weight is 297 g/mol. The van der Waals surface area contributed by atoms with Crippen LogP contribution in [0.4, 0.5) is 0 Å². The van der Waals surface area contributed by atoms with Crippen molar-refractivity contribution in [3.8, 4) is 0 Å². The molecule has 1 aromatic heterocycles. The van der Waals surface area contributed by atoms with Crippen LogP contribution in [0.3, 0.4) is 0 Å². The summed E-state index contributed by atoms with van der Waals surface area (Å²) in [5.74, 6) is 0.303. The molecule has 4 nitrogen and oxygen atoms in total. The molecule has 2 heterocycles. The predicted octanol–water partition coefficient (Wildman–Crippen LogP) is 2.84. The average Bonchev–Trinajstić information content (AvgIpc) is 2.92. The van der Waals surface area contributed by atoms with Gasteiger partial charge in [0.1, 0.15) is 5.15 Å². The first-order valence-electron chi connectivity index (χ1n) is 7.15. The fourth-order valence-corrected chi connectivity index (χ4v) is 2.65. The van der Waals surface area contributed by atoms with E-state index in [0.29, 0.717) is 16.6 Å². The highest BCUT2D eigenvalue weighted by Gasteiger charge is 2.24. The summed E-state index contributed by atoms with van der Waals surface area (Å²) < 4.78 is 5.35. The monoisotopic (exact) mass is 296 g/mol. The summed E-state index contributed by atoms with van der Waals surface area (Å²) in [6.45, 7) is 5.60. The molecule has 0 spiro atoms. The van der Waals surface area contributed by atoms with E-state index in [9.17, 15) is 4.79 Å². The van der Waals surface area contributed by atoms with Gasteiger partial charge < -0.3 is 10.1 Å². The Labute approximate surface area is 124 Å². The van der Waals surface area contributed by atoms with Gasteiger partial charge in [-0.3, -0.25) is 4.79 Å². The maximum Gasteiger partial charge on any atom is 0.251 e. The lowest BCUT2D eigenvalue weighted by Gasteiger charge is -2.19. The molecule has 0 aromatic carbocycles. The maximum atomic E-state index is 12.3. The van der Waals surface area contributed by atoms with Gasteiger partial charge in [0.2, 0.25) is 0 Å². The van der Waals surface area contributed by atoms with Crippen LogP contribution in [0.25, 0.3) is 0 Å². The second-order valence-corrected chi connectivity index (χ2v) is 5.69. The molecule has 2 rings (SSSR count). The number of pyridine rings is 1. The number of hydrogen-bond donors (Lipinski definition) is 1. The highest BCUT2D eigenvalue weighted by Crippen LogP contribution is 2.18.